The van der Waals surface area contributed by atoms with Crippen LogP contribution in [0.15, 0.2) is 23.1 Å². The largest absolute Gasteiger partial charge is 0.495 e. The molecule has 3 N–H and O–H groups in total. The fourth-order valence-corrected chi connectivity index (χ4v) is 2.64. The van der Waals surface area contributed by atoms with E-state index in [1.54, 1.807) is 12.1 Å². The summed E-state index contributed by atoms with van der Waals surface area (Å²) in [6, 6.07) is 4.54. The van der Waals surface area contributed by atoms with Crippen LogP contribution in [0.25, 0.3) is 0 Å². The Morgan fingerprint density at radius 1 is 1.41 bits per heavy atom. The number of nitrogens with one attached hydrogen (secondary N) is 1. The first-order valence-corrected chi connectivity index (χ1v) is 6.92. The fourth-order valence-electron chi connectivity index (χ4n) is 1.36. The van der Waals surface area contributed by atoms with Crippen molar-refractivity contribution in [1.82, 2.24) is 4.72 Å². The van der Waals surface area contributed by atoms with E-state index >= 15 is 0 Å². The number of rotatable bonds is 6. The Morgan fingerprint density at radius 3 is 2.71 bits per heavy atom. The molecule has 0 aliphatic rings. The van der Waals surface area contributed by atoms with Crippen molar-refractivity contribution in [2.45, 2.75) is 24.7 Å². The molecule has 17 heavy (non-hydrogen) atoms. The van der Waals surface area contributed by atoms with Crippen LogP contribution in [-0.4, -0.2) is 22.1 Å². The van der Waals surface area contributed by atoms with Gasteiger partial charge in [0.05, 0.1) is 7.11 Å². The predicted octanol–water partition coefficient (Wildman–Crippen LogP) is 1.36. The molecule has 0 aromatic heterocycles. The van der Waals surface area contributed by atoms with Gasteiger partial charge in [0.2, 0.25) is 10.0 Å². The molecule has 96 valence electrons. The summed E-state index contributed by atoms with van der Waals surface area (Å²) in [6.07, 6.45) is 1.72. The minimum absolute atomic E-state index is 0.0797. The number of nitrogens with two attached hydrogens (primary N) is 1. The molecule has 0 saturated heterocycles. The van der Waals surface area contributed by atoms with Crippen molar-refractivity contribution < 1.29 is 13.2 Å². The summed E-state index contributed by atoms with van der Waals surface area (Å²) in [5.41, 5.74) is 5.98. The molecular formula is C11H18N2O3S. The fraction of sp³-hybridized carbons (Fsp3) is 0.455. The average molecular weight is 258 g/mol. The van der Waals surface area contributed by atoms with Gasteiger partial charge >= 0.3 is 0 Å². The standard InChI is InChI=1S/C11H18N2O3S/c1-3-4-7-13-17(14,15)11-8-9(12)5-6-10(11)16-2/h5-6,8,13H,3-4,7,12H2,1-2H3. The molecule has 1 rings (SSSR count). The molecule has 6 heteroatoms. The van der Waals surface area contributed by atoms with E-state index in [1.165, 1.54) is 13.2 Å². The predicted molar refractivity (Wildman–Crippen MR) is 67.5 cm³/mol. The zero-order valence-electron chi connectivity index (χ0n) is 10.1. The van der Waals surface area contributed by atoms with E-state index in [1.807, 2.05) is 6.92 Å². The summed E-state index contributed by atoms with van der Waals surface area (Å²) in [4.78, 5) is 0.0797. The molecule has 0 heterocycles. The first kappa shape index (κ1) is 13.8. The van der Waals surface area contributed by atoms with Crippen LogP contribution in [0.2, 0.25) is 0 Å². The highest BCUT2D eigenvalue weighted by Gasteiger charge is 2.18. The molecule has 0 amide bonds. The van der Waals surface area contributed by atoms with Gasteiger partial charge in [0.15, 0.2) is 0 Å². The molecule has 0 aliphatic carbocycles. The van der Waals surface area contributed by atoms with Gasteiger partial charge in [0.1, 0.15) is 10.6 Å². The van der Waals surface area contributed by atoms with Crippen LogP contribution in [0.4, 0.5) is 5.69 Å². The van der Waals surface area contributed by atoms with Gasteiger partial charge in [0.25, 0.3) is 0 Å². The van der Waals surface area contributed by atoms with E-state index in [0.717, 1.165) is 12.8 Å². The smallest absolute Gasteiger partial charge is 0.244 e. The number of ether oxygens (including phenoxy) is 1. The van der Waals surface area contributed by atoms with E-state index in [0.29, 0.717) is 18.0 Å². The first-order chi connectivity index (χ1) is 8.01. The van der Waals surface area contributed by atoms with Crippen LogP contribution in [-0.2, 0) is 10.0 Å². The van der Waals surface area contributed by atoms with Gasteiger partial charge in [-0.3, -0.25) is 0 Å². The van der Waals surface area contributed by atoms with E-state index < -0.39 is 10.0 Å². The van der Waals surface area contributed by atoms with Crippen LogP contribution in [0.1, 0.15) is 19.8 Å². The Hall–Kier alpha value is -1.27. The monoisotopic (exact) mass is 258 g/mol. The Bertz CT molecular complexity index is 472. The van der Waals surface area contributed by atoms with Crippen molar-refractivity contribution in [1.29, 1.82) is 0 Å². The van der Waals surface area contributed by atoms with Crippen LogP contribution in [0.5, 0.6) is 5.75 Å². The number of benzene rings is 1. The molecule has 0 spiro atoms. The second-order valence-corrected chi connectivity index (χ2v) is 5.40. The van der Waals surface area contributed by atoms with Crippen LogP contribution < -0.4 is 15.2 Å². The molecule has 0 atom stereocenters. The Kier molecular flexibility index (Phi) is 4.77. The minimum atomic E-state index is -3.55. The minimum Gasteiger partial charge on any atom is -0.495 e. The summed E-state index contributed by atoms with van der Waals surface area (Å²) in [7, 11) is -2.13. The van der Waals surface area contributed by atoms with Crippen LogP contribution in [0.3, 0.4) is 0 Å². The highest BCUT2D eigenvalue weighted by Crippen LogP contribution is 2.25. The summed E-state index contributed by atoms with van der Waals surface area (Å²) in [5.74, 6) is 0.295. The Morgan fingerprint density at radius 2 is 2.12 bits per heavy atom. The van der Waals surface area contributed by atoms with Gasteiger partial charge in [-0.15, -0.1) is 0 Å². The number of unbranched alkanes of at least 4 members (excludes halogenated alkanes) is 1. The van der Waals surface area contributed by atoms with Crippen molar-refractivity contribution in [3.8, 4) is 5.75 Å². The van der Waals surface area contributed by atoms with Crippen molar-refractivity contribution >= 4 is 15.7 Å². The van der Waals surface area contributed by atoms with Gasteiger partial charge in [-0.1, -0.05) is 13.3 Å². The number of anilines is 1. The lowest BCUT2D eigenvalue weighted by Crippen LogP contribution is -2.25. The number of methoxy groups -OCH3 is 1. The summed E-state index contributed by atoms with van der Waals surface area (Å²) in [5, 5.41) is 0. The SMILES string of the molecule is CCCCNS(=O)(=O)c1cc(N)ccc1OC. The Labute approximate surface area is 102 Å². The molecule has 5 nitrogen and oxygen atoms in total. The first-order valence-electron chi connectivity index (χ1n) is 5.44. The molecule has 0 unspecified atom stereocenters. The summed E-state index contributed by atoms with van der Waals surface area (Å²) in [6.45, 7) is 2.41. The molecule has 0 radical (unpaired) electrons. The van der Waals surface area contributed by atoms with Crippen molar-refractivity contribution in [3.63, 3.8) is 0 Å². The molecular weight excluding hydrogens is 240 g/mol. The maximum absolute atomic E-state index is 12.0. The summed E-state index contributed by atoms with van der Waals surface area (Å²) >= 11 is 0. The van der Waals surface area contributed by atoms with E-state index in [9.17, 15) is 8.42 Å². The van der Waals surface area contributed by atoms with Gasteiger partial charge < -0.3 is 10.5 Å². The Balaban J connectivity index is 3.00. The van der Waals surface area contributed by atoms with Gasteiger partial charge in [-0.05, 0) is 24.6 Å². The van der Waals surface area contributed by atoms with E-state index in [2.05, 4.69) is 4.72 Å². The third kappa shape index (κ3) is 3.61. The molecule has 1 aromatic rings. The second-order valence-electron chi connectivity index (χ2n) is 3.66. The third-order valence-electron chi connectivity index (χ3n) is 2.30. The molecule has 1 aromatic carbocycles. The number of hydrogen-bond acceptors (Lipinski definition) is 4. The highest BCUT2D eigenvalue weighted by molar-refractivity contribution is 7.89. The van der Waals surface area contributed by atoms with Gasteiger partial charge in [-0.2, -0.15) is 0 Å². The van der Waals surface area contributed by atoms with Crippen molar-refractivity contribution in [3.05, 3.63) is 18.2 Å². The van der Waals surface area contributed by atoms with Crippen LogP contribution >= 0.6 is 0 Å². The molecule has 0 aliphatic heterocycles. The lowest BCUT2D eigenvalue weighted by Gasteiger charge is -2.11. The number of sulfonamides is 1. The lowest BCUT2D eigenvalue weighted by molar-refractivity contribution is 0.402. The van der Waals surface area contributed by atoms with Crippen molar-refractivity contribution in [2.24, 2.45) is 0 Å². The number of hydrogen-bond donors (Lipinski definition) is 2. The third-order valence-corrected chi connectivity index (χ3v) is 3.78. The van der Waals surface area contributed by atoms with Gasteiger partial charge in [0, 0.05) is 12.2 Å². The average Bonchev–Trinajstić information content (AvgIpc) is 2.29. The normalized spacial score (nSPS) is 11.4. The van der Waals surface area contributed by atoms with E-state index in [-0.39, 0.29) is 4.90 Å². The van der Waals surface area contributed by atoms with Crippen molar-refractivity contribution in [2.75, 3.05) is 19.4 Å². The molecule has 0 bridgehead atoms. The van der Waals surface area contributed by atoms with Gasteiger partial charge in [-0.25, -0.2) is 13.1 Å². The highest BCUT2D eigenvalue weighted by atomic mass is 32.2. The maximum Gasteiger partial charge on any atom is 0.244 e. The summed E-state index contributed by atoms with van der Waals surface area (Å²) < 4.78 is 31.5. The second kappa shape index (κ2) is 5.88. The number of nitrogen functional groups attached to an aromatic ring is 1. The topological polar surface area (TPSA) is 81.4 Å². The quantitative estimate of drug-likeness (QED) is 0.596. The lowest BCUT2D eigenvalue weighted by atomic mass is 10.3. The zero-order valence-corrected chi connectivity index (χ0v) is 10.9. The zero-order chi connectivity index (χ0) is 12.9. The maximum atomic E-state index is 12.0. The molecule has 0 saturated carbocycles. The van der Waals surface area contributed by atoms with E-state index in [4.69, 9.17) is 10.5 Å². The van der Waals surface area contributed by atoms with Crippen LogP contribution in [0, 0.1) is 0 Å². The molecule has 0 fully saturated rings.